The third-order valence-electron chi connectivity index (χ3n) is 5.69. The number of allylic oxidation sites excluding steroid dienone is 1. The number of hydrogen-bond donors (Lipinski definition) is 1. The minimum atomic E-state index is -0.485. The third-order valence-corrected chi connectivity index (χ3v) is 6.43. The largest absolute Gasteiger partial charge is 0.490 e. The lowest BCUT2D eigenvalue weighted by atomic mass is 9.83. The van der Waals surface area contributed by atoms with Gasteiger partial charge >= 0.3 is 0 Å². The zero-order chi connectivity index (χ0) is 24.5. The van der Waals surface area contributed by atoms with Crippen LogP contribution in [0.3, 0.4) is 0 Å². The Kier molecular flexibility index (Phi) is 6.25. The minimum absolute atomic E-state index is 0.0433. The molecule has 0 unspecified atom stereocenters. The maximum absolute atomic E-state index is 9.89. The van der Waals surface area contributed by atoms with Crippen molar-refractivity contribution in [2.45, 2.75) is 19.4 Å². The van der Waals surface area contributed by atoms with E-state index in [1.807, 2.05) is 37.3 Å². The summed E-state index contributed by atoms with van der Waals surface area (Å²) in [5.41, 5.74) is 8.82. The average molecular weight is 511 g/mol. The second-order valence-corrected chi connectivity index (χ2v) is 8.66. The monoisotopic (exact) mass is 510 g/mol. The Bertz CT molecular complexity index is 1380. The average Bonchev–Trinajstić information content (AvgIpc) is 3.30. The SMILES string of the molecule is CCOc1cc([C@H]2C(C#N)=C(N)Oc3cc4c(cc32)OCO4)ccc1OCc1ccc(Cl)c(Cl)c1. The summed E-state index contributed by atoms with van der Waals surface area (Å²) in [6.45, 7) is 2.71. The second-order valence-electron chi connectivity index (χ2n) is 7.84. The van der Waals surface area contributed by atoms with Crippen LogP contribution in [0.1, 0.15) is 29.5 Å². The maximum atomic E-state index is 9.89. The van der Waals surface area contributed by atoms with Crippen LogP contribution in [0.25, 0.3) is 0 Å². The fourth-order valence-electron chi connectivity index (χ4n) is 4.07. The number of ether oxygens (including phenoxy) is 5. The number of benzene rings is 3. The number of hydrogen-bond acceptors (Lipinski definition) is 7. The molecule has 5 rings (SSSR count). The predicted molar refractivity (Wildman–Crippen MR) is 130 cm³/mol. The molecule has 0 aromatic heterocycles. The van der Waals surface area contributed by atoms with Crippen LogP contribution in [0.4, 0.5) is 0 Å². The van der Waals surface area contributed by atoms with E-state index >= 15 is 0 Å². The van der Waals surface area contributed by atoms with Crippen molar-refractivity contribution in [3.05, 3.63) is 86.7 Å². The topological polar surface area (TPSA) is 96.0 Å². The molecule has 178 valence electrons. The Morgan fingerprint density at radius 2 is 1.77 bits per heavy atom. The summed E-state index contributed by atoms with van der Waals surface area (Å²) in [5.74, 6) is 2.31. The van der Waals surface area contributed by atoms with Crippen LogP contribution in [-0.2, 0) is 6.61 Å². The summed E-state index contributed by atoms with van der Waals surface area (Å²) in [5, 5.41) is 10.8. The molecule has 3 aromatic carbocycles. The normalized spacial score (nSPS) is 15.8. The van der Waals surface area contributed by atoms with Crippen molar-refractivity contribution in [3.8, 4) is 34.8 Å². The first-order valence-corrected chi connectivity index (χ1v) is 11.6. The van der Waals surface area contributed by atoms with Gasteiger partial charge in [-0.2, -0.15) is 5.26 Å². The van der Waals surface area contributed by atoms with Gasteiger partial charge < -0.3 is 29.4 Å². The number of rotatable bonds is 6. The van der Waals surface area contributed by atoms with Gasteiger partial charge in [0, 0.05) is 11.6 Å². The van der Waals surface area contributed by atoms with Gasteiger partial charge in [0.05, 0.1) is 22.6 Å². The van der Waals surface area contributed by atoms with Crippen molar-refractivity contribution in [3.63, 3.8) is 0 Å². The first-order valence-electron chi connectivity index (χ1n) is 10.8. The Labute approximate surface area is 212 Å². The fraction of sp³-hybridized carbons (Fsp3) is 0.192. The van der Waals surface area contributed by atoms with Crippen LogP contribution in [0.15, 0.2) is 60.0 Å². The number of nitrogens with two attached hydrogens (primary N) is 1. The lowest BCUT2D eigenvalue weighted by Gasteiger charge is -2.27. The zero-order valence-electron chi connectivity index (χ0n) is 18.6. The molecular formula is C26H20Cl2N2O5. The summed E-state index contributed by atoms with van der Waals surface area (Å²) in [4.78, 5) is 0. The third kappa shape index (κ3) is 4.39. The summed E-state index contributed by atoms with van der Waals surface area (Å²) >= 11 is 12.1. The molecule has 0 aliphatic carbocycles. The van der Waals surface area contributed by atoms with Gasteiger partial charge in [-0.3, -0.25) is 0 Å². The Balaban J connectivity index is 1.51. The molecule has 0 amide bonds. The van der Waals surface area contributed by atoms with E-state index in [0.717, 1.165) is 16.7 Å². The second kappa shape index (κ2) is 9.49. The highest BCUT2D eigenvalue weighted by molar-refractivity contribution is 6.42. The van der Waals surface area contributed by atoms with Crippen LogP contribution < -0.4 is 29.4 Å². The number of nitriles is 1. The van der Waals surface area contributed by atoms with Gasteiger partial charge in [-0.1, -0.05) is 35.3 Å². The van der Waals surface area contributed by atoms with Crippen molar-refractivity contribution < 1.29 is 23.7 Å². The van der Waals surface area contributed by atoms with Gasteiger partial charge in [-0.05, 0) is 48.4 Å². The molecular weight excluding hydrogens is 491 g/mol. The lowest BCUT2D eigenvalue weighted by molar-refractivity contribution is 0.174. The predicted octanol–water partition coefficient (Wildman–Crippen LogP) is 5.92. The lowest BCUT2D eigenvalue weighted by Crippen LogP contribution is -2.21. The molecule has 0 saturated heterocycles. The Morgan fingerprint density at radius 1 is 0.971 bits per heavy atom. The van der Waals surface area contributed by atoms with E-state index in [0.29, 0.717) is 51.0 Å². The van der Waals surface area contributed by atoms with Crippen LogP contribution in [0.2, 0.25) is 10.0 Å². The smallest absolute Gasteiger partial charge is 0.231 e. The van der Waals surface area contributed by atoms with E-state index < -0.39 is 5.92 Å². The summed E-state index contributed by atoms with van der Waals surface area (Å²) in [6, 6.07) is 16.6. The molecule has 2 aliphatic heterocycles. The van der Waals surface area contributed by atoms with E-state index in [4.69, 9.17) is 52.6 Å². The quantitative estimate of drug-likeness (QED) is 0.439. The molecule has 2 heterocycles. The molecule has 35 heavy (non-hydrogen) atoms. The van der Waals surface area contributed by atoms with Gasteiger partial charge in [0.25, 0.3) is 0 Å². The van der Waals surface area contributed by atoms with Gasteiger partial charge in [-0.25, -0.2) is 0 Å². The van der Waals surface area contributed by atoms with E-state index in [9.17, 15) is 5.26 Å². The van der Waals surface area contributed by atoms with Gasteiger partial charge in [0.1, 0.15) is 24.0 Å². The number of fused-ring (bicyclic) bond motifs is 2. The zero-order valence-corrected chi connectivity index (χ0v) is 20.2. The highest BCUT2D eigenvalue weighted by atomic mass is 35.5. The molecule has 2 N–H and O–H groups in total. The molecule has 0 spiro atoms. The van der Waals surface area contributed by atoms with Crippen LogP contribution in [0, 0.1) is 11.3 Å². The van der Waals surface area contributed by atoms with Gasteiger partial charge in [0.15, 0.2) is 23.0 Å². The minimum Gasteiger partial charge on any atom is -0.490 e. The highest BCUT2D eigenvalue weighted by Gasteiger charge is 2.33. The van der Waals surface area contributed by atoms with Crippen molar-refractivity contribution >= 4 is 23.2 Å². The van der Waals surface area contributed by atoms with Crippen molar-refractivity contribution in [2.24, 2.45) is 5.73 Å². The van der Waals surface area contributed by atoms with E-state index in [1.165, 1.54) is 0 Å². The molecule has 3 aromatic rings. The first kappa shape index (κ1) is 23.0. The molecule has 7 nitrogen and oxygen atoms in total. The van der Waals surface area contributed by atoms with Crippen molar-refractivity contribution in [2.75, 3.05) is 13.4 Å². The van der Waals surface area contributed by atoms with Crippen molar-refractivity contribution in [1.29, 1.82) is 5.26 Å². The summed E-state index contributed by atoms with van der Waals surface area (Å²) < 4.78 is 28.7. The van der Waals surface area contributed by atoms with Crippen LogP contribution in [0.5, 0.6) is 28.7 Å². The molecule has 0 radical (unpaired) electrons. The molecule has 9 heteroatoms. The van der Waals surface area contributed by atoms with Crippen LogP contribution in [-0.4, -0.2) is 13.4 Å². The van der Waals surface area contributed by atoms with E-state index in [-0.39, 0.29) is 19.3 Å². The van der Waals surface area contributed by atoms with Crippen LogP contribution >= 0.6 is 23.2 Å². The fourth-order valence-corrected chi connectivity index (χ4v) is 4.39. The highest BCUT2D eigenvalue weighted by Crippen LogP contribution is 2.48. The van der Waals surface area contributed by atoms with Gasteiger partial charge in [0.2, 0.25) is 12.7 Å². The summed E-state index contributed by atoms with van der Waals surface area (Å²) in [7, 11) is 0. The van der Waals surface area contributed by atoms with Crippen molar-refractivity contribution in [1.82, 2.24) is 0 Å². The standard InChI is InChI=1S/C26H20Cl2N2O5/c1-2-31-22-8-15(4-6-20(22)32-12-14-3-5-18(27)19(28)7-14)25-16-9-23-24(34-13-33-23)10-21(16)35-26(30)17(25)11-29/h3-10,25H,2,12-13,30H2,1H3/t25-/m1/s1. The Hall–Kier alpha value is -3.73. The van der Waals surface area contributed by atoms with E-state index in [2.05, 4.69) is 6.07 Å². The molecule has 1 atom stereocenters. The molecule has 0 bridgehead atoms. The molecule has 0 fully saturated rings. The number of halogens is 2. The molecule has 2 aliphatic rings. The molecule has 0 saturated carbocycles. The maximum Gasteiger partial charge on any atom is 0.231 e. The first-order chi connectivity index (χ1) is 17.0. The van der Waals surface area contributed by atoms with Gasteiger partial charge in [-0.15, -0.1) is 0 Å². The van der Waals surface area contributed by atoms with E-state index in [1.54, 1.807) is 18.2 Å². The summed E-state index contributed by atoms with van der Waals surface area (Å²) in [6.07, 6.45) is 0. The number of nitrogens with zero attached hydrogens (tertiary/aromatic N) is 1. The Morgan fingerprint density at radius 3 is 2.51 bits per heavy atom.